The molecule has 0 aliphatic carbocycles. The molecule has 0 aromatic rings. The van der Waals surface area contributed by atoms with E-state index in [2.05, 4.69) is 154 Å². The number of esters is 3. The molecule has 1 unspecified atom stereocenters. The van der Waals surface area contributed by atoms with Gasteiger partial charge in [-0.05, 0) is 128 Å². The van der Waals surface area contributed by atoms with Gasteiger partial charge in [0.05, 0.1) is 0 Å². The lowest BCUT2D eigenvalue weighted by molar-refractivity contribution is -0.167. The van der Waals surface area contributed by atoms with Gasteiger partial charge in [-0.25, -0.2) is 0 Å². The van der Waals surface area contributed by atoms with Crippen molar-refractivity contribution >= 4 is 17.9 Å². The third-order valence-electron chi connectivity index (χ3n) is 13.9. The summed E-state index contributed by atoms with van der Waals surface area (Å²) in [6.45, 7) is 6.35. The fourth-order valence-electron chi connectivity index (χ4n) is 8.95. The Morgan fingerprint density at radius 2 is 0.487 bits per heavy atom. The van der Waals surface area contributed by atoms with Gasteiger partial charge in [0, 0.05) is 19.3 Å². The van der Waals surface area contributed by atoms with Gasteiger partial charge < -0.3 is 14.2 Å². The van der Waals surface area contributed by atoms with Crippen molar-refractivity contribution in [3.63, 3.8) is 0 Å². The van der Waals surface area contributed by atoms with Crippen LogP contribution >= 0.6 is 0 Å². The summed E-state index contributed by atoms with van der Waals surface area (Å²) in [5, 5.41) is 0. The van der Waals surface area contributed by atoms with E-state index in [-0.39, 0.29) is 31.1 Å². The van der Waals surface area contributed by atoms with E-state index >= 15 is 0 Å². The van der Waals surface area contributed by atoms with Crippen molar-refractivity contribution in [1.82, 2.24) is 0 Å². The maximum Gasteiger partial charge on any atom is 0.306 e. The minimum absolute atomic E-state index is 0.0945. The van der Waals surface area contributed by atoms with Gasteiger partial charge in [-0.2, -0.15) is 0 Å². The van der Waals surface area contributed by atoms with Crippen LogP contribution in [0.15, 0.2) is 134 Å². The quantitative estimate of drug-likeness (QED) is 0.0261. The van der Waals surface area contributed by atoms with Crippen molar-refractivity contribution in [2.24, 2.45) is 0 Å². The van der Waals surface area contributed by atoms with Crippen LogP contribution in [0, 0.1) is 0 Å². The first-order chi connectivity index (χ1) is 39.5. The highest BCUT2D eigenvalue weighted by molar-refractivity contribution is 5.71. The lowest BCUT2D eigenvalue weighted by atomic mass is 10.0. The molecule has 0 spiro atoms. The molecule has 6 nitrogen and oxygen atoms in total. The van der Waals surface area contributed by atoms with Crippen LogP contribution in [0.4, 0.5) is 0 Å². The number of allylic oxidation sites excluding steroid dienone is 22. The monoisotopic (exact) mass is 1110 g/mol. The molecule has 6 heteroatoms. The first-order valence-electron chi connectivity index (χ1n) is 33.2. The van der Waals surface area contributed by atoms with Crippen LogP contribution < -0.4 is 0 Å². The van der Waals surface area contributed by atoms with Gasteiger partial charge in [-0.15, -0.1) is 0 Å². The Labute approximate surface area is 494 Å². The number of unbranched alkanes of at least 4 members (excludes halogenated alkanes) is 26. The third kappa shape index (κ3) is 64.4. The lowest BCUT2D eigenvalue weighted by Gasteiger charge is -2.18. The second kappa shape index (κ2) is 67.1. The Morgan fingerprint density at radius 3 is 0.762 bits per heavy atom. The van der Waals surface area contributed by atoms with Crippen LogP contribution in [-0.4, -0.2) is 37.2 Å². The van der Waals surface area contributed by atoms with Crippen LogP contribution in [0.5, 0.6) is 0 Å². The molecule has 0 aromatic carbocycles. The van der Waals surface area contributed by atoms with Gasteiger partial charge in [-0.3, -0.25) is 14.4 Å². The standard InChI is InChI=1S/C74H122O6/c1-4-7-10-13-16-19-22-25-28-30-31-32-33-34-35-36-37-38-39-40-41-42-43-45-46-49-52-55-58-61-64-67-73(76)79-70-71(69-78-72(75)66-63-60-57-54-51-48-27-24-21-18-15-12-9-6-3)80-74(77)68-65-62-59-56-53-50-47-44-29-26-23-20-17-14-11-8-5-2/h7-8,10-11,15-20,24-29,31-32,34-35,47,50,71H,4-6,9,12-14,21-23,30,33,36-46,48-49,51-70H2,1-3H3/b10-7-,11-8-,18-15-,19-16-,20-17-,27-24-,28-25-,29-26-,32-31-,35-34-,50-47-. The highest BCUT2D eigenvalue weighted by atomic mass is 16.6. The van der Waals surface area contributed by atoms with Crippen LogP contribution in [0.1, 0.15) is 297 Å². The number of hydrogen-bond donors (Lipinski definition) is 0. The molecule has 80 heavy (non-hydrogen) atoms. The van der Waals surface area contributed by atoms with Gasteiger partial charge in [0.15, 0.2) is 6.10 Å². The molecule has 0 rings (SSSR count). The highest BCUT2D eigenvalue weighted by Crippen LogP contribution is 2.16. The van der Waals surface area contributed by atoms with Crippen molar-refractivity contribution in [3.05, 3.63) is 134 Å². The number of rotatable bonds is 59. The second-order valence-corrected chi connectivity index (χ2v) is 21.6. The molecule has 0 aliphatic rings. The molecule has 0 saturated carbocycles. The molecular weight excluding hydrogens is 985 g/mol. The number of carbonyl (C=O) groups is 3. The fraction of sp³-hybridized carbons (Fsp3) is 0.662. The summed E-state index contributed by atoms with van der Waals surface area (Å²) in [7, 11) is 0. The zero-order valence-corrected chi connectivity index (χ0v) is 52.0. The van der Waals surface area contributed by atoms with Gasteiger partial charge in [0.1, 0.15) is 13.2 Å². The number of ether oxygens (including phenoxy) is 3. The minimum atomic E-state index is -0.801. The lowest BCUT2D eigenvalue weighted by Crippen LogP contribution is -2.30. The Balaban J connectivity index is 4.28. The molecule has 0 saturated heterocycles. The van der Waals surface area contributed by atoms with E-state index in [4.69, 9.17) is 14.2 Å². The Bertz CT molecular complexity index is 1700. The largest absolute Gasteiger partial charge is 0.462 e. The molecule has 0 aliphatic heterocycles. The first-order valence-corrected chi connectivity index (χ1v) is 33.2. The first kappa shape index (κ1) is 75.5. The highest BCUT2D eigenvalue weighted by Gasteiger charge is 2.19. The molecule has 0 amide bonds. The van der Waals surface area contributed by atoms with E-state index in [9.17, 15) is 14.4 Å². The minimum Gasteiger partial charge on any atom is -0.462 e. The molecule has 454 valence electrons. The topological polar surface area (TPSA) is 78.9 Å². The average molecular weight is 1110 g/mol. The van der Waals surface area contributed by atoms with Crippen LogP contribution in [0.25, 0.3) is 0 Å². The normalized spacial score (nSPS) is 13.0. The third-order valence-corrected chi connectivity index (χ3v) is 13.9. The van der Waals surface area contributed by atoms with E-state index in [1.165, 1.54) is 103 Å². The summed E-state index contributed by atoms with van der Waals surface area (Å²) >= 11 is 0. The molecule has 1 atom stereocenters. The molecule has 0 aromatic heterocycles. The summed E-state index contributed by atoms with van der Waals surface area (Å²) in [5.41, 5.74) is 0. The molecule has 0 N–H and O–H groups in total. The van der Waals surface area contributed by atoms with Gasteiger partial charge in [0.2, 0.25) is 0 Å². The zero-order valence-electron chi connectivity index (χ0n) is 52.0. The predicted molar refractivity (Wildman–Crippen MR) is 348 cm³/mol. The summed E-state index contributed by atoms with van der Waals surface area (Å²) in [4.78, 5) is 38.3. The van der Waals surface area contributed by atoms with Crippen molar-refractivity contribution in [1.29, 1.82) is 0 Å². The fourth-order valence-corrected chi connectivity index (χ4v) is 8.95. The molecular formula is C74H122O6. The summed E-state index contributed by atoms with van der Waals surface area (Å²) in [6, 6.07) is 0. The van der Waals surface area contributed by atoms with Crippen molar-refractivity contribution in [3.8, 4) is 0 Å². The molecule has 0 bridgehead atoms. The number of hydrogen-bond acceptors (Lipinski definition) is 6. The molecule has 0 fully saturated rings. The van der Waals surface area contributed by atoms with E-state index in [1.54, 1.807) is 0 Å². The maximum absolute atomic E-state index is 12.9. The van der Waals surface area contributed by atoms with Crippen molar-refractivity contribution in [2.75, 3.05) is 13.2 Å². The van der Waals surface area contributed by atoms with Gasteiger partial charge in [0.25, 0.3) is 0 Å². The maximum atomic E-state index is 12.9. The number of carbonyl (C=O) groups excluding carboxylic acids is 3. The van der Waals surface area contributed by atoms with Crippen LogP contribution in [-0.2, 0) is 28.6 Å². The Morgan fingerprint density at radius 1 is 0.263 bits per heavy atom. The predicted octanol–water partition coefficient (Wildman–Crippen LogP) is 22.9. The Kier molecular flexibility index (Phi) is 63.3. The van der Waals surface area contributed by atoms with E-state index < -0.39 is 6.10 Å². The van der Waals surface area contributed by atoms with E-state index in [1.807, 2.05) is 0 Å². The van der Waals surface area contributed by atoms with E-state index in [0.717, 1.165) is 154 Å². The summed E-state index contributed by atoms with van der Waals surface area (Å²) in [6.07, 6.45) is 94.7. The van der Waals surface area contributed by atoms with E-state index in [0.29, 0.717) is 19.3 Å². The van der Waals surface area contributed by atoms with Crippen molar-refractivity contribution in [2.45, 2.75) is 303 Å². The summed E-state index contributed by atoms with van der Waals surface area (Å²) in [5.74, 6) is -0.929. The van der Waals surface area contributed by atoms with Gasteiger partial charge >= 0.3 is 17.9 Å². The van der Waals surface area contributed by atoms with Crippen molar-refractivity contribution < 1.29 is 28.6 Å². The van der Waals surface area contributed by atoms with Crippen LogP contribution in [0.3, 0.4) is 0 Å². The second-order valence-electron chi connectivity index (χ2n) is 21.6. The molecule has 0 radical (unpaired) electrons. The smallest absolute Gasteiger partial charge is 0.306 e. The average Bonchev–Trinajstić information content (AvgIpc) is 3.46. The Hall–Kier alpha value is -4.45. The summed E-state index contributed by atoms with van der Waals surface area (Å²) < 4.78 is 16.9. The van der Waals surface area contributed by atoms with Gasteiger partial charge in [-0.1, -0.05) is 283 Å². The zero-order chi connectivity index (χ0) is 57.8. The van der Waals surface area contributed by atoms with Crippen LogP contribution in [0.2, 0.25) is 0 Å². The SMILES string of the molecule is CC/C=C\C/C=C\C/C=C\C/C=C\C/C=C\CCCCCCCCCCCCCCCCCC(=O)OCC(COC(=O)CCCCCCC/C=C\C/C=C\CCCC)OC(=O)CCCCCC/C=C\C/C=C\C/C=C\C/C=C\CC. The molecule has 0 heterocycles.